The lowest BCUT2D eigenvalue weighted by Crippen LogP contribution is -2.21. The molecule has 0 radical (unpaired) electrons. The van der Waals surface area contributed by atoms with Gasteiger partial charge in [-0.2, -0.15) is 10.1 Å². The van der Waals surface area contributed by atoms with E-state index in [0.29, 0.717) is 35.1 Å². The number of anilines is 1. The number of aliphatic carboxylic acids is 1. The van der Waals surface area contributed by atoms with Gasteiger partial charge in [-0.15, -0.1) is 0 Å². The zero-order chi connectivity index (χ0) is 22.7. The maximum absolute atomic E-state index is 13.1. The van der Waals surface area contributed by atoms with Gasteiger partial charge in [0.15, 0.2) is 18.1 Å². The molecule has 0 fully saturated rings. The Morgan fingerprint density at radius 3 is 2.56 bits per heavy atom. The molecule has 1 aliphatic heterocycles. The highest BCUT2D eigenvalue weighted by Crippen LogP contribution is 2.31. The van der Waals surface area contributed by atoms with Crippen molar-refractivity contribution in [3.8, 4) is 11.5 Å². The summed E-state index contributed by atoms with van der Waals surface area (Å²) in [5, 5.41) is 16.8. The summed E-state index contributed by atoms with van der Waals surface area (Å²) in [7, 11) is 0. The third-order valence-electron chi connectivity index (χ3n) is 4.97. The monoisotopic (exact) mass is 430 g/mol. The Morgan fingerprint density at radius 2 is 1.81 bits per heavy atom. The summed E-state index contributed by atoms with van der Waals surface area (Å²) in [6.07, 6.45) is 1.74. The van der Waals surface area contributed by atoms with Crippen molar-refractivity contribution in [3.63, 3.8) is 0 Å². The minimum Gasteiger partial charge on any atom is -0.490 e. The molecule has 1 heterocycles. The molecule has 1 aliphatic rings. The van der Waals surface area contributed by atoms with Crippen LogP contribution in [-0.4, -0.2) is 35.9 Å². The van der Waals surface area contributed by atoms with E-state index in [1.165, 1.54) is 5.01 Å². The van der Waals surface area contributed by atoms with E-state index in [1.807, 2.05) is 49.4 Å². The Labute approximate surface area is 185 Å². The van der Waals surface area contributed by atoms with E-state index >= 15 is 0 Å². The third-order valence-corrected chi connectivity index (χ3v) is 4.97. The van der Waals surface area contributed by atoms with Gasteiger partial charge in [-0.25, -0.2) is 4.79 Å². The number of hydrogen-bond donors (Lipinski definition) is 1. The summed E-state index contributed by atoms with van der Waals surface area (Å²) in [5.74, 6) is -0.551. The smallest absolute Gasteiger partial charge is 0.341 e. The molecule has 3 aromatic carbocycles. The minimum atomic E-state index is -1.07. The average Bonchev–Trinajstić information content (AvgIpc) is 3.06. The second kappa shape index (κ2) is 8.93. The molecule has 1 amide bonds. The van der Waals surface area contributed by atoms with Crippen LogP contribution in [0.1, 0.15) is 19.4 Å². The van der Waals surface area contributed by atoms with Crippen LogP contribution >= 0.6 is 0 Å². The Balaban J connectivity index is 1.62. The van der Waals surface area contributed by atoms with Gasteiger partial charge < -0.3 is 14.6 Å². The van der Waals surface area contributed by atoms with Gasteiger partial charge in [0.25, 0.3) is 5.91 Å². The Morgan fingerprint density at radius 1 is 1.03 bits per heavy atom. The molecule has 0 saturated carbocycles. The number of ether oxygens (including phenoxy) is 2. The van der Waals surface area contributed by atoms with Gasteiger partial charge in [-0.1, -0.05) is 36.4 Å². The van der Waals surface area contributed by atoms with E-state index in [4.69, 9.17) is 14.6 Å². The molecule has 32 heavy (non-hydrogen) atoms. The van der Waals surface area contributed by atoms with Crippen LogP contribution in [0.15, 0.2) is 71.3 Å². The highest BCUT2D eigenvalue weighted by molar-refractivity contribution is 6.32. The summed E-state index contributed by atoms with van der Waals surface area (Å²) < 4.78 is 10.9. The molecule has 0 aliphatic carbocycles. The highest BCUT2D eigenvalue weighted by atomic mass is 16.5. The molecule has 162 valence electrons. The molecule has 4 rings (SSSR count). The predicted molar refractivity (Wildman–Crippen MR) is 123 cm³/mol. The minimum absolute atomic E-state index is 0.220. The molecule has 3 aromatic rings. The number of nitrogens with zero attached hydrogens (tertiary/aromatic N) is 2. The quantitative estimate of drug-likeness (QED) is 0.557. The van der Waals surface area contributed by atoms with Crippen molar-refractivity contribution in [2.45, 2.75) is 13.8 Å². The Bertz CT molecular complexity index is 1260. The first kappa shape index (κ1) is 21.1. The second-order valence-corrected chi connectivity index (χ2v) is 7.21. The topological polar surface area (TPSA) is 88.4 Å². The van der Waals surface area contributed by atoms with E-state index in [-0.39, 0.29) is 5.91 Å². The zero-order valence-electron chi connectivity index (χ0n) is 17.7. The molecular weight excluding hydrogens is 408 g/mol. The number of carboxylic acids is 1. The van der Waals surface area contributed by atoms with Crippen molar-refractivity contribution in [3.05, 3.63) is 71.8 Å². The number of rotatable bonds is 7. The molecule has 0 bridgehead atoms. The highest BCUT2D eigenvalue weighted by Gasteiger charge is 2.29. The first-order valence-corrected chi connectivity index (χ1v) is 10.2. The van der Waals surface area contributed by atoms with Gasteiger partial charge in [0.2, 0.25) is 0 Å². The van der Waals surface area contributed by atoms with E-state index in [2.05, 4.69) is 5.10 Å². The molecule has 7 heteroatoms. The number of carbonyl (C=O) groups is 2. The van der Waals surface area contributed by atoms with Crippen molar-refractivity contribution in [1.29, 1.82) is 0 Å². The lowest BCUT2D eigenvalue weighted by molar-refractivity contribution is -0.139. The van der Waals surface area contributed by atoms with Crippen molar-refractivity contribution >= 4 is 40.1 Å². The van der Waals surface area contributed by atoms with Crippen LogP contribution in [0.5, 0.6) is 11.5 Å². The van der Waals surface area contributed by atoms with Crippen LogP contribution in [0.3, 0.4) is 0 Å². The van der Waals surface area contributed by atoms with Crippen LogP contribution in [0.2, 0.25) is 0 Å². The van der Waals surface area contributed by atoms with Gasteiger partial charge in [-0.05, 0) is 60.5 Å². The van der Waals surface area contributed by atoms with Crippen LogP contribution in [0.25, 0.3) is 16.8 Å². The van der Waals surface area contributed by atoms with E-state index in [9.17, 15) is 9.59 Å². The number of hydrazone groups is 1. The van der Waals surface area contributed by atoms with Gasteiger partial charge >= 0.3 is 5.97 Å². The molecule has 0 atom stereocenters. The van der Waals surface area contributed by atoms with Gasteiger partial charge in [-0.3, -0.25) is 4.79 Å². The number of amides is 1. The van der Waals surface area contributed by atoms with E-state index in [1.54, 1.807) is 31.2 Å². The second-order valence-electron chi connectivity index (χ2n) is 7.21. The van der Waals surface area contributed by atoms with E-state index < -0.39 is 12.6 Å². The molecule has 0 unspecified atom stereocenters. The number of hydrogen-bond acceptors (Lipinski definition) is 5. The number of benzene rings is 3. The SMILES string of the molecule is CCOc1cc(C=C2C(=O)N(c3ccc4ccccc4c3)N=C2C)ccc1OCC(=O)O. The molecule has 1 N–H and O–H groups in total. The van der Waals surface area contributed by atoms with Crippen molar-refractivity contribution in [2.75, 3.05) is 18.2 Å². The van der Waals surface area contributed by atoms with Gasteiger partial charge in [0.1, 0.15) is 0 Å². The molecule has 0 aromatic heterocycles. The Hall–Kier alpha value is -4.13. The van der Waals surface area contributed by atoms with Crippen LogP contribution in [0, 0.1) is 0 Å². The number of carboxylic acid groups (broad SMARTS) is 1. The van der Waals surface area contributed by atoms with Crippen LogP contribution < -0.4 is 14.5 Å². The number of carbonyl (C=O) groups excluding carboxylic acids is 1. The van der Waals surface area contributed by atoms with Gasteiger partial charge in [0, 0.05) is 0 Å². The maximum Gasteiger partial charge on any atom is 0.341 e. The standard InChI is InChI=1S/C25H22N2O5/c1-3-31-23-13-17(8-11-22(23)32-15-24(28)29)12-21-16(2)26-27(25(21)30)20-10-9-18-6-4-5-7-19(18)14-20/h4-14H,3,15H2,1-2H3,(H,28,29). The predicted octanol–water partition coefficient (Wildman–Crippen LogP) is 4.51. The van der Waals surface area contributed by atoms with Crippen molar-refractivity contribution in [1.82, 2.24) is 0 Å². The maximum atomic E-state index is 13.1. The summed E-state index contributed by atoms with van der Waals surface area (Å²) in [6, 6.07) is 18.8. The average molecular weight is 430 g/mol. The summed E-state index contributed by atoms with van der Waals surface area (Å²) in [6.45, 7) is 3.54. The van der Waals surface area contributed by atoms with Crippen molar-refractivity contribution in [2.24, 2.45) is 5.10 Å². The Kier molecular flexibility index (Phi) is 5.89. The fourth-order valence-electron chi connectivity index (χ4n) is 3.48. The first-order valence-electron chi connectivity index (χ1n) is 10.2. The lowest BCUT2D eigenvalue weighted by atomic mass is 10.1. The lowest BCUT2D eigenvalue weighted by Gasteiger charge is -2.13. The molecule has 7 nitrogen and oxygen atoms in total. The first-order chi connectivity index (χ1) is 15.5. The normalized spacial score (nSPS) is 14.7. The summed E-state index contributed by atoms with van der Waals surface area (Å²) in [5.41, 5.74) is 2.49. The molecular formula is C25H22N2O5. The van der Waals surface area contributed by atoms with E-state index in [0.717, 1.165) is 16.3 Å². The van der Waals surface area contributed by atoms with Crippen LogP contribution in [0.4, 0.5) is 5.69 Å². The van der Waals surface area contributed by atoms with Gasteiger partial charge in [0.05, 0.1) is 23.6 Å². The molecule has 0 spiro atoms. The fraction of sp³-hybridized carbons (Fsp3) is 0.160. The summed E-state index contributed by atoms with van der Waals surface area (Å²) >= 11 is 0. The molecule has 0 saturated heterocycles. The summed E-state index contributed by atoms with van der Waals surface area (Å²) in [4.78, 5) is 23.9. The van der Waals surface area contributed by atoms with Crippen LogP contribution in [-0.2, 0) is 9.59 Å². The largest absolute Gasteiger partial charge is 0.490 e. The fourth-order valence-corrected chi connectivity index (χ4v) is 3.48. The van der Waals surface area contributed by atoms with Crippen molar-refractivity contribution < 1.29 is 24.2 Å². The number of fused-ring (bicyclic) bond motifs is 1. The third kappa shape index (κ3) is 4.32. The zero-order valence-corrected chi connectivity index (χ0v) is 17.7.